The van der Waals surface area contributed by atoms with Crippen LogP contribution in [-0.2, 0) is 6.42 Å². The van der Waals surface area contributed by atoms with Crippen molar-refractivity contribution in [1.82, 2.24) is 5.32 Å². The molecule has 0 radical (unpaired) electrons. The Balaban J connectivity index is 1.72. The van der Waals surface area contributed by atoms with Crippen molar-refractivity contribution in [2.24, 2.45) is 0 Å². The van der Waals surface area contributed by atoms with Gasteiger partial charge in [0.1, 0.15) is 11.5 Å². The van der Waals surface area contributed by atoms with Gasteiger partial charge in [0.15, 0.2) is 5.11 Å². The van der Waals surface area contributed by atoms with Crippen molar-refractivity contribution in [3.05, 3.63) is 54.1 Å². The molecule has 5 heteroatoms. The summed E-state index contributed by atoms with van der Waals surface area (Å²) in [5.74, 6) is 1.83. The molecule has 0 atom stereocenters. The fourth-order valence-corrected chi connectivity index (χ4v) is 2.77. The fourth-order valence-electron chi connectivity index (χ4n) is 2.55. The molecule has 0 aliphatic heterocycles. The maximum atomic E-state index is 5.66. The molecule has 0 bridgehead atoms. The van der Waals surface area contributed by atoms with E-state index in [-0.39, 0.29) is 6.10 Å². The lowest BCUT2D eigenvalue weighted by molar-refractivity contribution is 0.242. The van der Waals surface area contributed by atoms with Crippen LogP contribution in [0.2, 0.25) is 0 Å². The molecular weight excluding hydrogens is 344 g/mol. The molecule has 0 aromatic heterocycles. The minimum atomic E-state index is 0.171. The lowest BCUT2D eigenvalue weighted by Gasteiger charge is -2.13. The Bertz CT molecular complexity index is 687. The van der Waals surface area contributed by atoms with Gasteiger partial charge in [-0.15, -0.1) is 0 Å². The summed E-state index contributed by atoms with van der Waals surface area (Å²) in [4.78, 5) is 0. The number of nitrogens with one attached hydrogen (secondary N) is 2. The van der Waals surface area contributed by atoms with Crippen molar-refractivity contribution in [3.8, 4) is 11.5 Å². The lowest BCUT2D eigenvalue weighted by Crippen LogP contribution is -2.29. The molecule has 4 nitrogen and oxygen atoms in total. The molecule has 0 saturated carbocycles. The Morgan fingerprint density at radius 1 is 1.08 bits per heavy atom. The molecule has 2 N–H and O–H groups in total. The van der Waals surface area contributed by atoms with Gasteiger partial charge in [-0.2, -0.15) is 0 Å². The molecule has 0 heterocycles. The third-order valence-corrected chi connectivity index (χ3v) is 3.91. The topological polar surface area (TPSA) is 42.5 Å². The van der Waals surface area contributed by atoms with Crippen molar-refractivity contribution in [3.63, 3.8) is 0 Å². The van der Waals surface area contributed by atoms with E-state index in [1.54, 1.807) is 0 Å². The zero-order valence-corrected chi connectivity index (χ0v) is 16.6. The van der Waals surface area contributed by atoms with Crippen LogP contribution in [0.15, 0.2) is 48.5 Å². The fraction of sp³-hybridized carbons (Fsp3) is 0.381. The SMILES string of the molecule is CCOc1ccccc1CCCNC(=S)Nc1ccc(OC(C)C)cc1. The summed E-state index contributed by atoms with van der Waals surface area (Å²) < 4.78 is 11.3. The van der Waals surface area contributed by atoms with E-state index in [4.69, 9.17) is 21.7 Å². The normalized spacial score (nSPS) is 10.5. The quantitative estimate of drug-likeness (QED) is 0.489. The van der Waals surface area contributed by atoms with E-state index in [1.165, 1.54) is 5.56 Å². The predicted octanol–water partition coefficient (Wildman–Crippen LogP) is 4.79. The van der Waals surface area contributed by atoms with Gasteiger partial charge in [0.05, 0.1) is 12.7 Å². The summed E-state index contributed by atoms with van der Waals surface area (Å²) in [6, 6.07) is 16.0. The van der Waals surface area contributed by atoms with Gasteiger partial charge in [-0.1, -0.05) is 18.2 Å². The number of hydrogen-bond acceptors (Lipinski definition) is 3. The monoisotopic (exact) mass is 372 g/mol. The molecular formula is C21H28N2O2S. The first-order chi connectivity index (χ1) is 12.6. The number of benzene rings is 2. The Kier molecular flexibility index (Phi) is 8.22. The molecule has 0 aliphatic rings. The third kappa shape index (κ3) is 6.92. The second-order valence-corrected chi connectivity index (χ2v) is 6.62. The van der Waals surface area contributed by atoms with Crippen LogP contribution in [-0.4, -0.2) is 24.4 Å². The summed E-state index contributed by atoms with van der Waals surface area (Å²) >= 11 is 5.36. The Morgan fingerprint density at radius 2 is 1.81 bits per heavy atom. The molecule has 2 rings (SSSR count). The molecule has 2 aromatic rings. The van der Waals surface area contributed by atoms with E-state index in [9.17, 15) is 0 Å². The van der Waals surface area contributed by atoms with Crippen LogP contribution in [0.5, 0.6) is 11.5 Å². The van der Waals surface area contributed by atoms with Crippen LogP contribution in [0, 0.1) is 0 Å². The van der Waals surface area contributed by atoms with Crippen LogP contribution < -0.4 is 20.1 Å². The van der Waals surface area contributed by atoms with Gasteiger partial charge in [-0.05, 0) is 81.7 Å². The van der Waals surface area contributed by atoms with Crippen LogP contribution in [0.25, 0.3) is 0 Å². The van der Waals surface area contributed by atoms with E-state index >= 15 is 0 Å². The summed E-state index contributed by atoms with van der Waals surface area (Å²) in [5.41, 5.74) is 2.18. The smallest absolute Gasteiger partial charge is 0.170 e. The van der Waals surface area contributed by atoms with Crippen LogP contribution >= 0.6 is 12.2 Å². The summed E-state index contributed by atoms with van der Waals surface area (Å²) in [5, 5.41) is 7.07. The third-order valence-electron chi connectivity index (χ3n) is 3.66. The van der Waals surface area contributed by atoms with Crippen LogP contribution in [0.3, 0.4) is 0 Å². The molecule has 140 valence electrons. The summed E-state index contributed by atoms with van der Waals surface area (Å²) in [7, 11) is 0. The summed E-state index contributed by atoms with van der Waals surface area (Å²) in [6.07, 6.45) is 2.10. The van der Waals surface area contributed by atoms with Gasteiger partial charge in [-0.3, -0.25) is 0 Å². The maximum absolute atomic E-state index is 5.66. The molecule has 0 unspecified atom stereocenters. The zero-order valence-electron chi connectivity index (χ0n) is 15.7. The standard InChI is InChI=1S/C21H28N2O2S/c1-4-24-20-10-6-5-8-17(20)9-7-15-22-21(26)23-18-11-13-19(14-12-18)25-16(2)3/h5-6,8,10-14,16H,4,7,9,15H2,1-3H3,(H2,22,23,26). The van der Waals surface area contributed by atoms with E-state index in [1.807, 2.05) is 63.2 Å². The van der Waals surface area contributed by atoms with E-state index in [2.05, 4.69) is 16.7 Å². The minimum Gasteiger partial charge on any atom is -0.494 e. The highest BCUT2D eigenvalue weighted by molar-refractivity contribution is 7.80. The molecule has 0 amide bonds. The summed E-state index contributed by atoms with van der Waals surface area (Å²) in [6.45, 7) is 7.52. The van der Waals surface area contributed by atoms with Crippen molar-refractivity contribution in [2.75, 3.05) is 18.5 Å². The van der Waals surface area contributed by atoms with Crippen molar-refractivity contribution in [1.29, 1.82) is 0 Å². The van der Waals surface area contributed by atoms with Crippen molar-refractivity contribution in [2.45, 2.75) is 39.7 Å². The first-order valence-electron chi connectivity index (χ1n) is 9.10. The van der Waals surface area contributed by atoms with Crippen LogP contribution in [0.4, 0.5) is 5.69 Å². The average Bonchev–Trinajstić information content (AvgIpc) is 2.61. The van der Waals surface area contributed by atoms with Crippen LogP contribution in [0.1, 0.15) is 32.8 Å². The first kappa shape index (κ1) is 20.0. The van der Waals surface area contributed by atoms with E-state index in [0.29, 0.717) is 11.7 Å². The highest BCUT2D eigenvalue weighted by atomic mass is 32.1. The minimum absolute atomic E-state index is 0.171. The maximum Gasteiger partial charge on any atom is 0.170 e. The Labute approximate surface area is 161 Å². The first-order valence-corrected chi connectivity index (χ1v) is 9.51. The number of anilines is 1. The predicted molar refractivity (Wildman–Crippen MR) is 112 cm³/mol. The number of hydrogen-bond donors (Lipinski definition) is 2. The molecule has 26 heavy (non-hydrogen) atoms. The number of para-hydroxylation sites is 1. The number of ether oxygens (including phenoxy) is 2. The lowest BCUT2D eigenvalue weighted by atomic mass is 10.1. The average molecular weight is 373 g/mol. The Morgan fingerprint density at radius 3 is 2.50 bits per heavy atom. The number of thiocarbonyl (C=S) groups is 1. The second kappa shape index (κ2) is 10.7. The van der Waals surface area contributed by atoms with Gasteiger partial charge < -0.3 is 20.1 Å². The van der Waals surface area contributed by atoms with E-state index < -0.39 is 0 Å². The van der Waals surface area contributed by atoms with Crippen molar-refractivity contribution < 1.29 is 9.47 Å². The molecule has 0 aliphatic carbocycles. The molecule has 0 spiro atoms. The zero-order chi connectivity index (χ0) is 18.8. The molecule has 0 saturated heterocycles. The van der Waals surface area contributed by atoms with Crippen molar-refractivity contribution >= 4 is 23.0 Å². The van der Waals surface area contributed by atoms with Gasteiger partial charge >= 0.3 is 0 Å². The van der Waals surface area contributed by atoms with E-state index in [0.717, 1.165) is 36.6 Å². The van der Waals surface area contributed by atoms with Gasteiger partial charge in [-0.25, -0.2) is 0 Å². The highest BCUT2D eigenvalue weighted by Crippen LogP contribution is 2.19. The second-order valence-electron chi connectivity index (χ2n) is 6.22. The largest absolute Gasteiger partial charge is 0.494 e. The highest BCUT2D eigenvalue weighted by Gasteiger charge is 2.03. The number of aryl methyl sites for hydroxylation is 1. The van der Waals surface area contributed by atoms with Gasteiger partial charge in [0.25, 0.3) is 0 Å². The Hall–Kier alpha value is -2.27. The number of rotatable bonds is 9. The van der Waals surface area contributed by atoms with Gasteiger partial charge in [0, 0.05) is 12.2 Å². The van der Waals surface area contributed by atoms with Gasteiger partial charge in [0.2, 0.25) is 0 Å². The molecule has 0 fully saturated rings. The molecule has 2 aromatic carbocycles.